The second-order valence-electron chi connectivity index (χ2n) is 18.2. The minimum atomic E-state index is -4.64. The molecule has 0 spiro atoms. The van der Waals surface area contributed by atoms with Gasteiger partial charge in [0.25, 0.3) is 21.6 Å². The fourth-order valence-electron chi connectivity index (χ4n) is 9.22. The topological polar surface area (TPSA) is 160 Å². The number of H-pyrrole nitrogens is 1. The Kier molecular flexibility index (Phi) is 12.2. The Labute approximate surface area is 383 Å². The van der Waals surface area contributed by atoms with E-state index in [2.05, 4.69) is 50.5 Å². The molecule has 0 radical (unpaired) electrons. The summed E-state index contributed by atoms with van der Waals surface area (Å²) in [6.07, 6.45) is 7.45. The molecule has 15 heteroatoms. The van der Waals surface area contributed by atoms with Crippen LogP contribution >= 0.6 is 11.6 Å². The van der Waals surface area contributed by atoms with E-state index >= 15 is 0 Å². The van der Waals surface area contributed by atoms with Gasteiger partial charge in [0.2, 0.25) is 0 Å². The van der Waals surface area contributed by atoms with E-state index in [0.717, 1.165) is 85.3 Å². The molecule has 9 rings (SSSR count). The number of benzene rings is 4. The quantitative estimate of drug-likeness (QED) is 0.0894. The van der Waals surface area contributed by atoms with Crippen molar-refractivity contribution in [3.8, 4) is 17.2 Å². The maximum absolute atomic E-state index is 14.1. The third-order valence-corrected chi connectivity index (χ3v) is 14.4. The van der Waals surface area contributed by atoms with E-state index in [-0.39, 0.29) is 40.7 Å². The average Bonchev–Trinajstić information content (AvgIpc) is 3.76. The molecule has 336 valence electrons. The second kappa shape index (κ2) is 18.0. The highest BCUT2D eigenvalue weighted by molar-refractivity contribution is 7.90. The maximum atomic E-state index is 14.1. The van der Waals surface area contributed by atoms with Crippen molar-refractivity contribution in [3.05, 3.63) is 152 Å². The van der Waals surface area contributed by atoms with Gasteiger partial charge in [-0.3, -0.25) is 19.8 Å². The van der Waals surface area contributed by atoms with E-state index in [1.807, 2.05) is 49.4 Å². The minimum absolute atomic E-state index is 0.0466. The Morgan fingerprint density at radius 2 is 1.78 bits per heavy atom. The molecule has 4 heterocycles. The summed E-state index contributed by atoms with van der Waals surface area (Å²) >= 11 is 6.25. The van der Waals surface area contributed by atoms with Crippen molar-refractivity contribution in [2.45, 2.75) is 57.8 Å². The van der Waals surface area contributed by atoms with E-state index in [4.69, 9.17) is 21.1 Å². The first-order valence-electron chi connectivity index (χ1n) is 21.9. The molecule has 3 aliphatic rings. The largest absolute Gasteiger partial charge is 0.493 e. The Balaban J connectivity index is 0.942. The fourth-order valence-corrected chi connectivity index (χ4v) is 10.3. The lowest BCUT2D eigenvalue weighted by atomic mass is 9.72. The first kappa shape index (κ1) is 44.0. The predicted molar refractivity (Wildman–Crippen MR) is 253 cm³/mol. The molecule has 1 atom stereocenters. The van der Waals surface area contributed by atoms with Crippen molar-refractivity contribution in [2.24, 2.45) is 11.3 Å². The van der Waals surface area contributed by atoms with Gasteiger partial charge < -0.3 is 19.4 Å². The van der Waals surface area contributed by atoms with E-state index in [1.54, 1.807) is 30.5 Å². The number of fused-ring (bicyclic) bond motifs is 2. The number of aromatic amines is 1. The molecule has 1 aliphatic carbocycles. The number of nitrogens with zero attached hydrogens (tertiary/aromatic N) is 4. The van der Waals surface area contributed by atoms with Crippen LogP contribution in [-0.4, -0.2) is 73.4 Å². The van der Waals surface area contributed by atoms with Crippen molar-refractivity contribution >= 4 is 55.5 Å². The number of halogens is 1. The highest BCUT2D eigenvalue weighted by Crippen LogP contribution is 2.44. The molecule has 2 N–H and O–H groups in total. The maximum Gasteiger partial charge on any atom is 0.277 e. The van der Waals surface area contributed by atoms with Crippen molar-refractivity contribution in [3.63, 3.8) is 0 Å². The number of aryl methyl sites for hydroxylation is 1. The number of hydrogen-bond acceptors (Lipinski definition) is 10. The van der Waals surface area contributed by atoms with Crippen LogP contribution in [0.4, 0.5) is 11.4 Å². The summed E-state index contributed by atoms with van der Waals surface area (Å²) in [6, 6.07) is 27.2. The average molecular weight is 916 g/mol. The molecule has 1 amide bonds. The van der Waals surface area contributed by atoms with Crippen LogP contribution in [0.2, 0.25) is 5.02 Å². The molecular formula is C50H51ClN6O7S. The first-order valence-corrected chi connectivity index (χ1v) is 23.8. The number of carbonyl (C=O) groups excluding carboxylic acids is 1. The van der Waals surface area contributed by atoms with E-state index < -0.39 is 25.7 Å². The van der Waals surface area contributed by atoms with Crippen LogP contribution in [-0.2, 0) is 22.9 Å². The number of carbonyl (C=O) groups is 1. The smallest absolute Gasteiger partial charge is 0.277 e. The van der Waals surface area contributed by atoms with Gasteiger partial charge >= 0.3 is 0 Å². The molecule has 1 saturated heterocycles. The van der Waals surface area contributed by atoms with Crippen LogP contribution in [0, 0.1) is 28.4 Å². The van der Waals surface area contributed by atoms with Crippen molar-refractivity contribution < 1.29 is 27.6 Å². The van der Waals surface area contributed by atoms with Crippen LogP contribution < -0.4 is 19.1 Å². The number of piperazine rings is 1. The van der Waals surface area contributed by atoms with Gasteiger partial charge in [0.15, 0.2) is 0 Å². The Hall–Kier alpha value is -6.22. The van der Waals surface area contributed by atoms with Gasteiger partial charge in [-0.1, -0.05) is 73.0 Å². The Morgan fingerprint density at radius 3 is 2.54 bits per heavy atom. The van der Waals surface area contributed by atoms with Crippen LogP contribution in [0.3, 0.4) is 0 Å². The Morgan fingerprint density at radius 1 is 1.02 bits per heavy atom. The zero-order valence-corrected chi connectivity index (χ0v) is 38.2. The lowest BCUT2D eigenvalue weighted by Crippen LogP contribution is -2.47. The number of amides is 1. The number of nitro groups is 1. The van der Waals surface area contributed by atoms with Crippen molar-refractivity contribution in [1.29, 1.82) is 0 Å². The number of allylic oxidation sites excluding steroid dienone is 1. The third-order valence-electron chi connectivity index (χ3n) is 12.8. The number of hydrogen-bond donors (Lipinski definition) is 2. The van der Waals surface area contributed by atoms with E-state index in [0.29, 0.717) is 29.8 Å². The summed E-state index contributed by atoms with van der Waals surface area (Å²) in [4.78, 5) is 37.6. The SMILES string of the molecule is Cc1ccc(C[C@H]2COc3cc(S(=O)(=O)NC(=O)c4ccc(N5CCN(CC6=C(c7ccc(Cl)cc7)CC(C)(C)CC6)CC5)cc4Oc4cnc5[nH]ccc5c4)cc([N+](=O)[O-])c3C2)cc1. The summed E-state index contributed by atoms with van der Waals surface area (Å²) in [5.74, 6) is -0.442. The normalized spacial score (nSPS) is 17.7. The number of sulfonamides is 1. The van der Waals surface area contributed by atoms with Crippen LogP contribution in [0.25, 0.3) is 16.6 Å². The molecule has 0 bridgehead atoms. The molecule has 6 aromatic rings. The predicted octanol–water partition coefficient (Wildman–Crippen LogP) is 9.92. The third kappa shape index (κ3) is 9.90. The molecule has 65 heavy (non-hydrogen) atoms. The summed E-state index contributed by atoms with van der Waals surface area (Å²) in [7, 11) is -4.64. The van der Waals surface area contributed by atoms with Gasteiger partial charge in [-0.25, -0.2) is 18.1 Å². The zero-order chi connectivity index (χ0) is 45.5. The van der Waals surface area contributed by atoms with Crippen LogP contribution in [0.15, 0.2) is 114 Å². The molecule has 13 nitrogen and oxygen atoms in total. The summed E-state index contributed by atoms with van der Waals surface area (Å²) in [5, 5.41) is 13.9. The molecule has 0 saturated carbocycles. The summed E-state index contributed by atoms with van der Waals surface area (Å²) < 4.78 is 42.4. The molecule has 4 aromatic carbocycles. The number of anilines is 1. The number of rotatable bonds is 12. The summed E-state index contributed by atoms with van der Waals surface area (Å²) in [6.45, 7) is 10.9. The highest BCUT2D eigenvalue weighted by Gasteiger charge is 2.33. The highest BCUT2D eigenvalue weighted by atomic mass is 35.5. The molecule has 1 fully saturated rings. The number of nitrogens with one attached hydrogen (secondary N) is 2. The lowest BCUT2D eigenvalue weighted by molar-refractivity contribution is -0.386. The van der Waals surface area contributed by atoms with Gasteiger partial charge in [-0.2, -0.15) is 0 Å². The first-order chi connectivity index (χ1) is 31.2. The van der Waals surface area contributed by atoms with Crippen molar-refractivity contribution in [2.75, 3.05) is 44.2 Å². The Bertz CT molecular complexity index is 2920. The standard InChI is InChI=1S/C50H51ClN6O7S/c1-32-4-6-33(7-5-32)22-34-23-43-45(57(59)60)26-41(27-46(43)63-31-34)65(61,62)54-49(58)42-13-12-39(25-47(42)64-40-24-36-15-17-52-48(36)53-29-40)56-20-18-55(19-21-56)30-37-14-16-50(2,3)28-44(37)35-8-10-38(51)11-9-35/h4-13,15,17,24-27,29,34H,14,16,18-23,28,30-31H2,1-3H3,(H,52,53)(H,54,58)/t34-/m1/s1. The molecule has 2 aliphatic heterocycles. The number of nitro benzene ring substituents is 1. The number of pyridine rings is 1. The van der Waals surface area contributed by atoms with Crippen LogP contribution in [0.5, 0.6) is 17.2 Å². The molecule has 2 aromatic heterocycles. The summed E-state index contributed by atoms with van der Waals surface area (Å²) in [5.41, 5.74) is 7.89. The van der Waals surface area contributed by atoms with Gasteiger partial charge in [0.1, 0.15) is 22.9 Å². The van der Waals surface area contributed by atoms with Gasteiger partial charge in [0.05, 0.1) is 33.7 Å². The van der Waals surface area contributed by atoms with Crippen molar-refractivity contribution in [1.82, 2.24) is 19.6 Å². The molecule has 0 unspecified atom stereocenters. The van der Waals surface area contributed by atoms with E-state index in [1.165, 1.54) is 29.0 Å². The lowest BCUT2D eigenvalue weighted by Gasteiger charge is -2.39. The van der Waals surface area contributed by atoms with Gasteiger partial charge in [-0.15, -0.1) is 0 Å². The second-order valence-corrected chi connectivity index (χ2v) is 20.4. The fraction of sp³-hybridized carbons (Fsp3) is 0.320. The minimum Gasteiger partial charge on any atom is -0.493 e. The monoisotopic (exact) mass is 914 g/mol. The number of aromatic nitrogens is 2. The van der Waals surface area contributed by atoms with Gasteiger partial charge in [-0.05, 0) is 97.5 Å². The molecular weight excluding hydrogens is 864 g/mol. The van der Waals surface area contributed by atoms with E-state index in [9.17, 15) is 23.3 Å². The zero-order valence-electron chi connectivity index (χ0n) is 36.6. The van der Waals surface area contributed by atoms with Gasteiger partial charge in [0, 0.05) is 79.1 Å². The van der Waals surface area contributed by atoms with Crippen LogP contribution in [0.1, 0.15) is 65.7 Å². The number of ether oxygens (including phenoxy) is 2.